The zero-order valence-corrected chi connectivity index (χ0v) is 35.2. The third-order valence-electron chi connectivity index (χ3n) is 17.6. The van der Waals surface area contributed by atoms with Crippen LogP contribution in [0.1, 0.15) is 99.8 Å². The SMILES string of the molecule is CO[C@@H]1C=C2[C@H]3CC(C)(C)CC[C@]3(CO[C@@H]3O[C@H](CO)[C@@H](O)[C@H](O)[C@H]3O[C@@H]3O[C@H](CO)[C@@H](O)[C@H](O)[C@H]3O)CC[C@@]2(C)[C@]2(C)CC[C@@H]3C(C)(C)[C@@H](O)C[C@@H](O)[C@]3(C)[C@@H]12. The summed E-state index contributed by atoms with van der Waals surface area (Å²) in [5.74, 6) is 0.185. The van der Waals surface area contributed by atoms with Crippen LogP contribution < -0.4 is 0 Å². The Balaban J connectivity index is 1.22. The summed E-state index contributed by atoms with van der Waals surface area (Å²) in [7, 11) is 1.77. The molecule has 2 saturated heterocycles. The molecule has 2 aliphatic heterocycles. The van der Waals surface area contributed by atoms with Gasteiger partial charge in [0, 0.05) is 30.3 Å². The third-order valence-corrected chi connectivity index (χ3v) is 17.6. The molecule has 7 aliphatic rings. The molecule has 2 heterocycles. The smallest absolute Gasteiger partial charge is 0.187 e. The quantitative estimate of drug-likeness (QED) is 0.158. The lowest BCUT2D eigenvalue weighted by Crippen LogP contribution is -2.71. The van der Waals surface area contributed by atoms with Crippen LogP contribution in [0.2, 0.25) is 0 Å². The maximum Gasteiger partial charge on any atom is 0.187 e. The van der Waals surface area contributed by atoms with Crippen LogP contribution in [-0.4, -0.2) is 153 Å². The fraction of sp³-hybridized carbons (Fsp3) is 0.953. The van der Waals surface area contributed by atoms with Crippen molar-refractivity contribution in [2.45, 2.75) is 180 Å². The highest BCUT2D eigenvalue weighted by molar-refractivity contribution is 5.36. The largest absolute Gasteiger partial charge is 0.394 e. The van der Waals surface area contributed by atoms with Crippen molar-refractivity contribution < 1.29 is 69.6 Å². The summed E-state index contributed by atoms with van der Waals surface area (Å²) in [6, 6.07) is 0. The standard InChI is InChI=1S/C43H72O14/c1-38(2)11-13-43(20-54-37-34(32(51)30(49)25(19-45)56-37)57-36-33(52)31(50)29(48)24(18-44)55-36)14-12-40(5)21(22(43)17-38)15-23(53-8)35-41(40,6)10-9-26-39(3,4)27(46)16-28(47)42(26,35)7/h15,22-37,44-52H,9-14,16-20H2,1-8H3/t22-,23-,24-,25-,26-,27+,28-,29-,30-,31+,32+,33-,34-,35+,36+,37-,40-,41-,42-,43-/m1/s1. The molecule has 0 radical (unpaired) electrons. The Bertz CT molecular complexity index is 1490. The van der Waals surface area contributed by atoms with Gasteiger partial charge in [0.1, 0.15) is 48.8 Å². The lowest BCUT2D eigenvalue weighted by molar-refractivity contribution is -0.370. The molecule has 0 bridgehead atoms. The highest BCUT2D eigenvalue weighted by Gasteiger charge is 2.72. The summed E-state index contributed by atoms with van der Waals surface area (Å²) in [5, 5.41) is 96.9. The van der Waals surface area contributed by atoms with Crippen molar-refractivity contribution in [1.82, 2.24) is 0 Å². The van der Waals surface area contributed by atoms with E-state index in [9.17, 15) is 46.0 Å². The summed E-state index contributed by atoms with van der Waals surface area (Å²) in [6.45, 7) is 14.9. The molecule has 0 amide bonds. The molecule has 0 aromatic carbocycles. The number of aliphatic hydroxyl groups excluding tert-OH is 9. The monoisotopic (exact) mass is 812 g/mol. The minimum absolute atomic E-state index is 0.00363. The first-order valence-electron chi connectivity index (χ1n) is 21.4. The lowest BCUT2D eigenvalue weighted by Gasteiger charge is -2.73. The Morgan fingerprint density at radius 2 is 1.33 bits per heavy atom. The van der Waals surface area contributed by atoms with Crippen molar-refractivity contribution >= 4 is 0 Å². The van der Waals surface area contributed by atoms with Gasteiger partial charge in [-0.05, 0) is 78.4 Å². The van der Waals surface area contributed by atoms with E-state index in [4.69, 9.17) is 23.7 Å². The van der Waals surface area contributed by atoms with Gasteiger partial charge >= 0.3 is 0 Å². The van der Waals surface area contributed by atoms with E-state index >= 15 is 0 Å². The first-order valence-corrected chi connectivity index (χ1v) is 21.4. The van der Waals surface area contributed by atoms with E-state index in [1.54, 1.807) is 7.11 Å². The second kappa shape index (κ2) is 15.2. The van der Waals surface area contributed by atoms with Gasteiger partial charge in [-0.2, -0.15) is 0 Å². The molecule has 9 N–H and O–H groups in total. The van der Waals surface area contributed by atoms with E-state index in [-0.39, 0.29) is 57.5 Å². The van der Waals surface area contributed by atoms with E-state index in [2.05, 4.69) is 54.5 Å². The number of fused-ring (bicyclic) bond motifs is 7. The van der Waals surface area contributed by atoms with Gasteiger partial charge in [-0.1, -0.05) is 60.1 Å². The molecule has 0 aromatic heterocycles. The molecule has 6 fully saturated rings. The summed E-state index contributed by atoms with van der Waals surface area (Å²) in [5.41, 5.74) is -0.321. The topological polar surface area (TPSA) is 228 Å². The van der Waals surface area contributed by atoms with Gasteiger partial charge in [-0.3, -0.25) is 0 Å². The van der Waals surface area contributed by atoms with E-state index in [0.717, 1.165) is 44.9 Å². The van der Waals surface area contributed by atoms with Crippen LogP contribution in [0.4, 0.5) is 0 Å². The van der Waals surface area contributed by atoms with E-state index < -0.39 is 92.2 Å². The fourth-order valence-electron chi connectivity index (χ4n) is 13.7. The number of hydrogen-bond donors (Lipinski definition) is 9. The maximum atomic E-state index is 12.0. The molecule has 4 saturated carbocycles. The van der Waals surface area contributed by atoms with Crippen LogP contribution in [0.25, 0.3) is 0 Å². The second-order valence-electron chi connectivity index (χ2n) is 21.2. The lowest BCUT2D eigenvalue weighted by atomic mass is 9.32. The van der Waals surface area contributed by atoms with Crippen LogP contribution >= 0.6 is 0 Å². The molecule has 14 nitrogen and oxygen atoms in total. The van der Waals surface area contributed by atoms with Crippen LogP contribution in [0.15, 0.2) is 11.6 Å². The highest BCUT2D eigenvalue weighted by Crippen LogP contribution is 2.76. The van der Waals surface area contributed by atoms with Crippen molar-refractivity contribution in [3.05, 3.63) is 11.6 Å². The maximum absolute atomic E-state index is 12.0. The Morgan fingerprint density at radius 3 is 1.96 bits per heavy atom. The molecule has 7 rings (SSSR count). The number of aliphatic hydroxyl groups is 9. The normalized spacial score (nSPS) is 54.4. The van der Waals surface area contributed by atoms with Crippen molar-refractivity contribution in [3.8, 4) is 0 Å². The highest BCUT2D eigenvalue weighted by atomic mass is 16.8. The van der Waals surface area contributed by atoms with Crippen LogP contribution in [0.3, 0.4) is 0 Å². The average molecular weight is 813 g/mol. The zero-order valence-electron chi connectivity index (χ0n) is 35.2. The molecular formula is C43H72O14. The Kier molecular flexibility index (Phi) is 11.8. The predicted octanol–water partition coefficient (Wildman–Crippen LogP) is 1.39. The molecule has 14 heteroatoms. The summed E-state index contributed by atoms with van der Waals surface area (Å²) in [4.78, 5) is 0. The number of rotatable bonds is 8. The average Bonchev–Trinajstić information content (AvgIpc) is 3.16. The summed E-state index contributed by atoms with van der Waals surface area (Å²) < 4.78 is 30.9. The molecule has 0 unspecified atom stereocenters. The Morgan fingerprint density at radius 1 is 0.719 bits per heavy atom. The van der Waals surface area contributed by atoms with Gasteiger partial charge in [0.25, 0.3) is 0 Å². The summed E-state index contributed by atoms with van der Waals surface area (Å²) in [6.07, 6.45) is -7.82. The Hall–Kier alpha value is -0.820. The molecule has 5 aliphatic carbocycles. The van der Waals surface area contributed by atoms with Crippen molar-refractivity contribution in [1.29, 1.82) is 0 Å². The van der Waals surface area contributed by atoms with Gasteiger partial charge in [0.15, 0.2) is 12.6 Å². The van der Waals surface area contributed by atoms with Gasteiger partial charge in [-0.25, -0.2) is 0 Å². The van der Waals surface area contributed by atoms with E-state index in [1.807, 2.05) is 0 Å². The van der Waals surface area contributed by atoms with Gasteiger partial charge < -0.3 is 69.6 Å². The number of hydrogen-bond acceptors (Lipinski definition) is 14. The van der Waals surface area contributed by atoms with Gasteiger partial charge in [-0.15, -0.1) is 0 Å². The van der Waals surface area contributed by atoms with Crippen LogP contribution in [0, 0.1) is 50.2 Å². The summed E-state index contributed by atoms with van der Waals surface area (Å²) >= 11 is 0. The van der Waals surface area contributed by atoms with Crippen molar-refractivity contribution in [3.63, 3.8) is 0 Å². The first-order chi connectivity index (χ1) is 26.6. The molecule has 20 atom stereocenters. The molecule has 0 spiro atoms. The van der Waals surface area contributed by atoms with E-state index in [1.165, 1.54) is 5.57 Å². The molecule has 0 aromatic rings. The predicted molar refractivity (Wildman–Crippen MR) is 205 cm³/mol. The Labute approximate surface area is 337 Å². The van der Waals surface area contributed by atoms with E-state index in [0.29, 0.717) is 6.42 Å². The number of methoxy groups -OCH3 is 1. The van der Waals surface area contributed by atoms with Crippen molar-refractivity contribution in [2.75, 3.05) is 26.9 Å². The van der Waals surface area contributed by atoms with Crippen molar-refractivity contribution in [2.24, 2.45) is 50.2 Å². The third kappa shape index (κ3) is 6.65. The second-order valence-corrected chi connectivity index (χ2v) is 21.2. The van der Waals surface area contributed by atoms with Crippen LogP contribution in [0.5, 0.6) is 0 Å². The fourth-order valence-corrected chi connectivity index (χ4v) is 13.7. The minimum Gasteiger partial charge on any atom is -0.394 e. The molecule has 328 valence electrons. The number of ether oxygens (including phenoxy) is 5. The van der Waals surface area contributed by atoms with Gasteiger partial charge in [0.05, 0.1) is 38.1 Å². The molecule has 57 heavy (non-hydrogen) atoms. The van der Waals surface area contributed by atoms with Crippen LogP contribution in [-0.2, 0) is 23.7 Å². The molecular weight excluding hydrogens is 740 g/mol. The van der Waals surface area contributed by atoms with Gasteiger partial charge in [0.2, 0.25) is 0 Å². The number of allylic oxidation sites excluding steroid dienone is 1. The minimum atomic E-state index is -1.76. The zero-order chi connectivity index (χ0) is 41.8. The first kappa shape index (κ1) is 44.2.